The maximum absolute atomic E-state index is 12.5. The molecule has 0 spiro atoms. The first-order chi connectivity index (χ1) is 12.6. The number of hydrogen-bond acceptors (Lipinski definition) is 5. The second-order valence-corrected chi connectivity index (χ2v) is 7.26. The Labute approximate surface area is 152 Å². The number of aryl methyl sites for hydroxylation is 2. The average molecular weight is 355 g/mol. The highest BCUT2D eigenvalue weighted by atomic mass is 16.2. The minimum absolute atomic E-state index is 0.141. The Bertz CT molecular complexity index is 803. The van der Waals surface area contributed by atoms with E-state index in [0.29, 0.717) is 17.7 Å². The molecule has 138 valence electrons. The largest absolute Gasteiger partial charge is 0.335 e. The third-order valence-electron chi connectivity index (χ3n) is 5.61. The molecule has 26 heavy (non-hydrogen) atoms. The van der Waals surface area contributed by atoms with Crippen molar-refractivity contribution in [2.75, 3.05) is 18.4 Å². The van der Waals surface area contributed by atoms with Crippen LogP contribution in [0.3, 0.4) is 0 Å². The smallest absolute Gasteiger partial charge is 0.319 e. The summed E-state index contributed by atoms with van der Waals surface area (Å²) in [4.78, 5) is 12.5. The van der Waals surface area contributed by atoms with Crippen LogP contribution in [0.15, 0.2) is 18.2 Å². The van der Waals surface area contributed by atoms with E-state index in [1.807, 2.05) is 12.1 Å². The van der Waals surface area contributed by atoms with Crippen LogP contribution < -0.4 is 16.0 Å². The molecule has 3 unspecified atom stereocenters. The van der Waals surface area contributed by atoms with Gasteiger partial charge in [-0.15, -0.1) is 5.10 Å². The van der Waals surface area contributed by atoms with Gasteiger partial charge < -0.3 is 16.0 Å². The summed E-state index contributed by atoms with van der Waals surface area (Å²) in [6.07, 6.45) is 3.12. The van der Waals surface area contributed by atoms with Gasteiger partial charge in [0.1, 0.15) is 0 Å². The molecule has 2 aliphatic rings. The van der Waals surface area contributed by atoms with E-state index < -0.39 is 0 Å². The number of carbonyl (C=O) groups excluding carboxylic acids is 1. The average Bonchev–Trinajstić information content (AvgIpc) is 3.33. The summed E-state index contributed by atoms with van der Waals surface area (Å²) < 4.78 is 1.63. The number of benzene rings is 1. The molecule has 1 aromatic heterocycles. The van der Waals surface area contributed by atoms with Crippen LogP contribution in [0.5, 0.6) is 0 Å². The number of nitrogens with zero attached hydrogens (tertiary/aromatic N) is 4. The van der Waals surface area contributed by atoms with Gasteiger partial charge in [-0.2, -0.15) is 0 Å². The first-order valence-corrected chi connectivity index (χ1v) is 9.29. The van der Waals surface area contributed by atoms with E-state index in [0.717, 1.165) is 42.7 Å². The molecule has 1 aliphatic heterocycles. The number of rotatable bonds is 4. The zero-order valence-electron chi connectivity index (χ0n) is 15.2. The number of carbonyl (C=O) groups is 1. The molecule has 2 fully saturated rings. The minimum atomic E-state index is -0.141. The van der Waals surface area contributed by atoms with Crippen molar-refractivity contribution in [2.45, 2.75) is 32.2 Å². The van der Waals surface area contributed by atoms with Crippen LogP contribution in [0.4, 0.5) is 10.5 Å². The molecule has 2 aromatic rings. The van der Waals surface area contributed by atoms with Gasteiger partial charge in [0.25, 0.3) is 0 Å². The SMILES string of the molecule is CCc1cc(NC(=O)NC2CCC3CNCC32)cc(-c2nnnn2C)c1. The number of tetrazole rings is 1. The number of hydrogen-bond donors (Lipinski definition) is 3. The molecule has 8 heteroatoms. The number of nitrogens with one attached hydrogen (secondary N) is 3. The second-order valence-electron chi connectivity index (χ2n) is 7.26. The summed E-state index contributed by atoms with van der Waals surface area (Å²) in [5.74, 6) is 1.95. The lowest BCUT2D eigenvalue weighted by Crippen LogP contribution is -2.41. The van der Waals surface area contributed by atoms with Crippen LogP contribution in [-0.4, -0.2) is 45.4 Å². The molecular weight excluding hydrogens is 330 g/mol. The molecular formula is C18H25N7O. The summed E-state index contributed by atoms with van der Waals surface area (Å²) in [7, 11) is 1.81. The summed E-state index contributed by atoms with van der Waals surface area (Å²) in [6, 6.07) is 6.09. The van der Waals surface area contributed by atoms with E-state index in [2.05, 4.69) is 44.5 Å². The van der Waals surface area contributed by atoms with Gasteiger partial charge in [-0.1, -0.05) is 6.92 Å². The summed E-state index contributed by atoms with van der Waals surface area (Å²) in [5, 5.41) is 21.2. The number of anilines is 1. The fraction of sp³-hybridized carbons (Fsp3) is 0.556. The Morgan fingerprint density at radius 1 is 1.31 bits per heavy atom. The Kier molecular flexibility index (Phi) is 4.58. The van der Waals surface area contributed by atoms with E-state index in [4.69, 9.17) is 0 Å². The molecule has 0 radical (unpaired) electrons. The van der Waals surface area contributed by atoms with Crippen molar-refractivity contribution < 1.29 is 4.79 Å². The van der Waals surface area contributed by atoms with Crippen molar-refractivity contribution >= 4 is 11.7 Å². The van der Waals surface area contributed by atoms with Crippen LogP contribution in [0.2, 0.25) is 0 Å². The Morgan fingerprint density at radius 2 is 2.19 bits per heavy atom. The zero-order chi connectivity index (χ0) is 18.1. The van der Waals surface area contributed by atoms with Crippen molar-refractivity contribution in [1.29, 1.82) is 0 Å². The molecule has 4 rings (SSSR count). The summed E-state index contributed by atoms with van der Waals surface area (Å²) in [5.41, 5.74) is 2.79. The maximum Gasteiger partial charge on any atom is 0.319 e. The lowest BCUT2D eigenvalue weighted by atomic mass is 9.98. The van der Waals surface area contributed by atoms with Crippen molar-refractivity contribution in [3.63, 3.8) is 0 Å². The van der Waals surface area contributed by atoms with Gasteiger partial charge in [-0.25, -0.2) is 9.48 Å². The molecule has 1 aliphatic carbocycles. The molecule has 2 heterocycles. The summed E-state index contributed by atoms with van der Waals surface area (Å²) in [6.45, 7) is 4.17. The first kappa shape index (κ1) is 17.0. The van der Waals surface area contributed by atoms with Gasteiger partial charge in [-0.05, 0) is 71.8 Å². The number of aromatic nitrogens is 4. The third kappa shape index (κ3) is 3.29. The highest BCUT2D eigenvalue weighted by Crippen LogP contribution is 2.34. The molecule has 8 nitrogen and oxygen atoms in total. The van der Waals surface area contributed by atoms with Crippen LogP contribution in [0.1, 0.15) is 25.3 Å². The predicted octanol–water partition coefficient (Wildman–Crippen LogP) is 1.56. The highest BCUT2D eigenvalue weighted by molar-refractivity contribution is 5.90. The van der Waals surface area contributed by atoms with Crippen molar-refractivity contribution in [2.24, 2.45) is 18.9 Å². The third-order valence-corrected chi connectivity index (χ3v) is 5.61. The van der Waals surface area contributed by atoms with Gasteiger partial charge in [0.15, 0.2) is 5.82 Å². The van der Waals surface area contributed by atoms with Crippen LogP contribution >= 0.6 is 0 Å². The standard InChI is InChI=1S/C18H25N7O/c1-3-11-6-13(17-22-23-24-25(17)2)8-14(7-11)20-18(26)21-16-5-4-12-9-19-10-15(12)16/h6-8,12,15-16,19H,3-5,9-10H2,1-2H3,(H2,20,21,26). The minimum Gasteiger partial charge on any atom is -0.335 e. The fourth-order valence-corrected chi connectivity index (χ4v) is 4.23. The summed E-state index contributed by atoms with van der Waals surface area (Å²) >= 11 is 0. The number of urea groups is 1. The van der Waals surface area contributed by atoms with Gasteiger partial charge in [0, 0.05) is 30.9 Å². The van der Waals surface area contributed by atoms with E-state index in [1.54, 1.807) is 11.7 Å². The quantitative estimate of drug-likeness (QED) is 0.773. The monoisotopic (exact) mass is 355 g/mol. The van der Waals surface area contributed by atoms with E-state index in [9.17, 15) is 4.79 Å². The van der Waals surface area contributed by atoms with Gasteiger partial charge in [0.2, 0.25) is 0 Å². The number of amides is 2. The normalized spacial score (nSPS) is 24.5. The van der Waals surface area contributed by atoms with Gasteiger partial charge in [-0.3, -0.25) is 0 Å². The lowest BCUT2D eigenvalue weighted by Gasteiger charge is -2.20. The molecule has 1 aromatic carbocycles. The Hall–Kier alpha value is -2.48. The van der Waals surface area contributed by atoms with Crippen molar-refractivity contribution in [3.8, 4) is 11.4 Å². The number of fused-ring (bicyclic) bond motifs is 1. The van der Waals surface area contributed by atoms with Gasteiger partial charge >= 0.3 is 6.03 Å². The second kappa shape index (κ2) is 7.03. The van der Waals surface area contributed by atoms with E-state index in [-0.39, 0.29) is 12.1 Å². The molecule has 1 saturated heterocycles. The first-order valence-electron chi connectivity index (χ1n) is 9.29. The highest BCUT2D eigenvalue weighted by Gasteiger charge is 2.39. The van der Waals surface area contributed by atoms with Gasteiger partial charge in [0.05, 0.1) is 0 Å². The predicted molar refractivity (Wildman–Crippen MR) is 98.6 cm³/mol. The van der Waals surface area contributed by atoms with E-state index >= 15 is 0 Å². The lowest BCUT2D eigenvalue weighted by molar-refractivity contribution is 0.245. The van der Waals surface area contributed by atoms with Crippen LogP contribution in [0, 0.1) is 11.8 Å². The molecule has 1 saturated carbocycles. The van der Waals surface area contributed by atoms with Crippen LogP contribution in [-0.2, 0) is 13.5 Å². The van der Waals surface area contributed by atoms with E-state index in [1.165, 1.54) is 6.42 Å². The Balaban J connectivity index is 1.48. The maximum atomic E-state index is 12.5. The van der Waals surface area contributed by atoms with Crippen LogP contribution in [0.25, 0.3) is 11.4 Å². The molecule has 3 atom stereocenters. The molecule has 0 bridgehead atoms. The van der Waals surface area contributed by atoms with Crippen molar-refractivity contribution in [3.05, 3.63) is 23.8 Å². The molecule has 3 N–H and O–H groups in total. The fourth-order valence-electron chi connectivity index (χ4n) is 4.23. The molecule has 2 amide bonds. The zero-order valence-corrected chi connectivity index (χ0v) is 15.2. The topological polar surface area (TPSA) is 96.8 Å². The van der Waals surface area contributed by atoms with Crippen molar-refractivity contribution in [1.82, 2.24) is 30.8 Å². The Morgan fingerprint density at radius 3 is 2.96 bits per heavy atom.